The fourth-order valence-electron chi connectivity index (χ4n) is 6.01. The van der Waals surface area contributed by atoms with Gasteiger partial charge in [0.1, 0.15) is 25.1 Å². The van der Waals surface area contributed by atoms with Crippen molar-refractivity contribution >= 4 is 17.3 Å². The molecule has 2 aliphatic rings. The molecule has 2 heterocycles. The summed E-state index contributed by atoms with van der Waals surface area (Å²) in [5, 5.41) is 10.7. The minimum Gasteiger partial charge on any atom is -0.497 e. The first-order valence-corrected chi connectivity index (χ1v) is 16.3. The normalized spacial score (nSPS) is 15.9. The summed E-state index contributed by atoms with van der Waals surface area (Å²) in [6.45, 7) is 0.362. The molecule has 6 rings (SSSR count). The third-order valence-electron chi connectivity index (χ3n) is 8.68. The smallest absolute Gasteiger partial charge is 0.255 e. The lowest BCUT2D eigenvalue weighted by molar-refractivity contribution is 0.0852. The van der Waals surface area contributed by atoms with Crippen molar-refractivity contribution in [3.05, 3.63) is 82.9 Å². The van der Waals surface area contributed by atoms with Crippen molar-refractivity contribution in [1.29, 1.82) is 0 Å². The summed E-state index contributed by atoms with van der Waals surface area (Å²) in [5.74, 6) is 4.28. The minimum atomic E-state index is -0.468. The second kappa shape index (κ2) is 15.8. The number of hydrogen-bond donors (Lipinski definition) is 2. The Morgan fingerprint density at radius 1 is 0.635 bits per heavy atom. The number of fused-ring (bicyclic) bond motifs is 1. The van der Waals surface area contributed by atoms with Crippen LogP contribution in [0.4, 0.5) is 5.69 Å². The summed E-state index contributed by atoms with van der Waals surface area (Å²) < 4.78 is 50.9. The molecule has 2 atom stereocenters. The summed E-state index contributed by atoms with van der Waals surface area (Å²) in [7, 11) is 10.9. The number of amides is 1. The molecular weight excluding hydrogens is 674 g/mol. The number of nitrogens with zero attached hydrogens (tertiary/aromatic N) is 1. The Bertz CT molecular complexity index is 1910. The van der Waals surface area contributed by atoms with Gasteiger partial charge in [0, 0.05) is 23.2 Å². The van der Waals surface area contributed by atoms with E-state index in [1.165, 1.54) is 0 Å². The van der Waals surface area contributed by atoms with Crippen LogP contribution in [0.2, 0.25) is 0 Å². The molecule has 0 fully saturated rings. The van der Waals surface area contributed by atoms with Crippen LogP contribution in [0, 0.1) is 0 Å². The molecule has 0 bridgehead atoms. The molecule has 4 aromatic carbocycles. The Balaban J connectivity index is 1.09. The highest BCUT2D eigenvalue weighted by atomic mass is 16.6. The minimum absolute atomic E-state index is 0.172. The summed E-state index contributed by atoms with van der Waals surface area (Å²) in [6, 6.07) is 18.1. The molecular formula is C38H41N3O11. The van der Waals surface area contributed by atoms with E-state index in [2.05, 4.69) is 15.8 Å². The molecule has 0 aromatic heterocycles. The average molecular weight is 716 g/mol. The molecule has 52 heavy (non-hydrogen) atoms. The fourth-order valence-corrected chi connectivity index (χ4v) is 6.01. The second-order valence-electron chi connectivity index (χ2n) is 11.6. The number of oxime groups is 1. The summed E-state index contributed by atoms with van der Waals surface area (Å²) in [4.78, 5) is 18.7. The standard InChI is InChI=1S/C38H41N3O11/c1-43-24-9-10-26-25(19-24)38(42)40-37(39-26)21-8-11-28(30(14-21)44-2)50-12-13-51-36-33(47-5)17-23(18-34(36)48-6)29-20-27(41-52-29)22-15-31(45-3)35(49-7)32(16-22)46-4/h8-11,14-19,29,37,39H,12-13,20H2,1-7H3,(H,40,42). The van der Waals surface area contributed by atoms with E-state index in [1.807, 2.05) is 42.5 Å². The van der Waals surface area contributed by atoms with E-state index in [-0.39, 0.29) is 19.1 Å². The number of ether oxygens (including phenoxy) is 9. The SMILES string of the molecule is COc1ccc2c(c1)C(=O)NC(c1ccc(OCCOc3c(OC)cc(C4CC(c5cc(OC)c(OC)c(OC)c5)=NO4)cc3OC)c(OC)c1)N2. The molecule has 0 saturated heterocycles. The molecule has 14 heteroatoms. The highest BCUT2D eigenvalue weighted by molar-refractivity contribution is 6.03. The van der Waals surface area contributed by atoms with Gasteiger partial charge in [0.05, 0.1) is 61.0 Å². The Hall–Kier alpha value is -6.18. The molecule has 14 nitrogen and oxygen atoms in total. The molecule has 4 aromatic rings. The lowest BCUT2D eigenvalue weighted by Gasteiger charge is -2.28. The van der Waals surface area contributed by atoms with E-state index in [0.29, 0.717) is 75.1 Å². The predicted octanol–water partition coefficient (Wildman–Crippen LogP) is 5.92. The van der Waals surface area contributed by atoms with Crippen molar-refractivity contribution in [3.8, 4) is 51.7 Å². The van der Waals surface area contributed by atoms with Crippen LogP contribution in [-0.4, -0.2) is 74.6 Å². The van der Waals surface area contributed by atoms with E-state index >= 15 is 0 Å². The lowest BCUT2D eigenvalue weighted by atomic mass is 9.99. The Morgan fingerprint density at radius 2 is 1.27 bits per heavy atom. The van der Waals surface area contributed by atoms with Gasteiger partial charge in [-0.05, 0) is 60.2 Å². The van der Waals surface area contributed by atoms with Gasteiger partial charge in [-0.2, -0.15) is 0 Å². The number of methoxy groups -OCH3 is 7. The van der Waals surface area contributed by atoms with Crippen LogP contribution in [-0.2, 0) is 4.84 Å². The Kier molecular flexibility index (Phi) is 10.8. The van der Waals surface area contributed by atoms with Gasteiger partial charge in [-0.3, -0.25) is 4.79 Å². The first-order valence-electron chi connectivity index (χ1n) is 16.3. The molecule has 0 radical (unpaired) electrons. The highest BCUT2D eigenvalue weighted by Gasteiger charge is 2.29. The maximum absolute atomic E-state index is 12.8. The van der Waals surface area contributed by atoms with Gasteiger partial charge in [-0.1, -0.05) is 11.2 Å². The average Bonchev–Trinajstić information content (AvgIpc) is 3.69. The number of rotatable bonds is 15. The maximum Gasteiger partial charge on any atom is 0.255 e. The first-order chi connectivity index (χ1) is 25.3. The van der Waals surface area contributed by atoms with Crippen molar-refractivity contribution < 1.29 is 52.3 Å². The highest BCUT2D eigenvalue weighted by Crippen LogP contribution is 2.44. The Labute approximate surface area is 301 Å². The van der Waals surface area contributed by atoms with E-state index < -0.39 is 12.3 Å². The second-order valence-corrected chi connectivity index (χ2v) is 11.6. The maximum atomic E-state index is 12.8. The van der Waals surface area contributed by atoms with Crippen molar-refractivity contribution in [2.45, 2.75) is 18.7 Å². The number of anilines is 1. The number of carbonyl (C=O) groups excluding carboxylic acids is 1. The molecule has 0 saturated carbocycles. The zero-order chi connectivity index (χ0) is 36.8. The van der Waals surface area contributed by atoms with E-state index in [1.54, 1.807) is 68.0 Å². The first kappa shape index (κ1) is 35.6. The van der Waals surface area contributed by atoms with Crippen LogP contribution in [0.15, 0.2) is 65.8 Å². The fraction of sp³-hybridized carbons (Fsp3) is 0.316. The molecule has 1 amide bonds. The number of benzene rings is 4. The predicted molar refractivity (Wildman–Crippen MR) is 191 cm³/mol. The zero-order valence-electron chi connectivity index (χ0n) is 30.0. The molecule has 274 valence electrons. The summed E-state index contributed by atoms with van der Waals surface area (Å²) >= 11 is 0. The van der Waals surface area contributed by atoms with Crippen molar-refractivity contribution in [1.82, 2.24) is 5.32 Å². The monoisotopic (exact) mass is 715 g/mol. The summed E-state index contributed by atoms with van der Waals surface area (Å²) in [6.07, 6.45) is -0.393. The van der Waals surface area contributed by atoms with Gasteiger partial charge >= 0.3 is 0 Å². The van der Waals surface area contributed by atoms with Crippen LogP contribution < -0.4 is 53.3 Å². The third kappa shape index (κ3) is 7.18. The number of hydrogen-bond acceptors (Lipinski definition) is 13. The Morgan fingerprint density at radius 3 is 1.90 bits per heavy atom. The molecule has 0 aliphatic carbocycles. The van der Waals surface area contributed by atoms with Gasteiger partial charge in [0.2, 0.25) is 11.5 Å². The quantitative estimate of drug-likeness (QED) is 0.141. The molecule has 2 unspecified atom stereocenters. The molecule has 2 aliphatic heterocycles. The van der Waals surface area contributed by atoms with Crippen molar-refractivity contribution in [3.63, 3.8) is 0 Å². The van der Waals surface area contributed by atoms with Crippen LogP contribution in [0.1, 0.15) is 45.7 Å². The van der Waals surface area contributed by atoms with Gasteiger partial charge in [-0.15, -0.1) is 0 Å². The topological polar surface area (TPSA) is 146 Å². The van der Waals surface area contributed by atoms with Gasteiger partial charge in [0.15, 0.2) is 40.6 Å². The van der Waals surface area contributed by atoms with Crippen LogP contribution >= 0.6 is 0 Å². The zero-order valence-corrected chi connectivity index (χ0v) is 30.0. The molecule has 2 N–H and O–H groups in total. The largest absolute Gasteiger partial charge is 0.497 e. The number of nitrogens with one attached hydrogen (secondary N) is 2. The van der Waals surface area contributed by atoms with E-state index in [9.17, 15) is 4.79 Å². The van der Waals surface area contributed by atoms with E-state index in [0.717, 1.165) is 16.7 Å². The lowest BCUT2D eigenvalue weighted by Crippen LogP contribution is -2.38. The van der Waals surface area contributed by atoms with Crippen molar-refractivity contribution in [2.24, 2.45) is 5.16 Å². The van der Waals surface area contributed by atoms with Crippen LogP contribution in [0.5, 0.6) is 51.7 Å². The van der Waals surface area contributed by atoms with Gasteiger partial charge in [0.25, 0.3) is 5.91 Å². The van der Waals surface area contributed by atoms with Gasteiger partial charge in [-0.25, -0.2) is 0 Å². The van der Waals surface area contributed by atoms with Crippen LogP contribution in [0.25, 0.3) is 0 Å². The number of carbonyl (C=O) groups is 1. The third-order valence-corrected chi connectivity index (χ3v) is 8.68. The van der Waals surface area contributed by atoms with Crippen LogP contribution in [0.3, 0.4) is 0 Å². The van der Waals surface area contributed by atoms with Gasteiger partial charge < -0.3 is 58.1 Å². The van der Waals surface area contributed by atoms with Crippen molar-refractivity contribution in [2.75, 3.05) is 68.3 Å². The van der Waals surface area contributed by atoms with E-state index in [4.69, 9.17) is 47.5 Å². The molecule has 0 spiro atoms. The summed E-state index contributed by atoms with van der Waals surface area (Å²) in [5.41, 5.74) is 4.29.